The first-order chi connectivity index (χ1) is 2.56. The molecule has 0 aliphatic rings. The average molecular weight is 163 g/mol. The van der Waals surface area contributed by atoms with Crippen LogP contribution in [0.5, 0.6) is 0 Å². The number of hydrogen-bond acceptors (Lipinski definition) is 1. The van der Waals surface area contributed by atoms with E-state index in [1.54, 1.807) is 0 Å². The fraction of sp³-hybridized carbons (Fsp3) is 1.00. The number of halogens is 3. The molecule has 0 amide bonds. The van der Waals surface area contributed by atoms with Gasteiger partial charge < -0.3 is 5.11 Å². The van der Waals surface area contributed by atoms with Gasteiger partial charge in [0.1, 0.15) is 0 Å². The molecule has 48 valence electrons. The van der Waals surface area contributed by atoms with E-state index in [1.165, 1.54) is 0 Å². The largest absolute Gasteiger partial charge is 1.00 e. The van der Waals surface area contributed by atoms with Crippen LogP contribution in [0.4, 0.5) is 13.2 Å². The van der Waals surface area contributed by atoms with Gasteiger partial charge in [0.2, 0.25) is 0 Å². The Morgan fingerprint density at radius 2 is 1.43 bits per heavy atom. The van der Waals surface area contributed by atoms with Crippen molar-refractivity contribution in [2.75, 3.05) is 6.61 Å². The normalized spacial score (nSPS) is 10.3. The van der Waals surface area contributed by atoms with Crippen molar-refractivity contribution in [1.82, 2.24) is 0 Å². The molecule has 0 rings (SSSR count). The molecule has 1 nitrogen and oxygen atoms in total. The molecule has 0 saturated carbocycles. The van der Waals surface area contributed by atoms with Crippen LogP contribution in [0, 0.1) is 0 Å². The van der Waals surface area contributed by atoms with Gasteiger partial charge in [-0.2, -0.15) is 13.2 Å². The van der Waals surface area contributed by atoms with E-state index in [2.05, 4.69) is 0 Å². The van der Waals surface area contributed by atoms with Crippen molar-refractivity contribution in [1.29, 1.82) is 0 Å². The Balaban J connectivity index is 0. The molecule has 0 saturated heterocycles. The van der Waals surface area contributed by atoms with E-state index in [-0.39, 0.29) is 17.1 Å². The molecular weight excluding hydrogens is 161 g/mol. The van der Waals surface area contributed by atoms with E-state index in [4.69, 9.17) is 5.11 Å². The van der Waals surface area contributed by atoms with Crippen LogP contribution < -0.4 is 5.11 Å². The second kappa shape index (κ2) is 3.29. The number of alkyl halides is 3. The van der Waals surface area contributed by atoms with Crippen molar-refractivity contribution in [3.05, 3.63) is 0 Å². The molecule has 5 heteroatoms. The van der Waals surface area contributed by atoms with Crippen LogP contribution in [-0.4, -0.2) is 12.8 Å². The molecule has 0 N–H and O–H groups in total. The Morgan fingerprint density at radius 3 is 1.43 bits per heavy atom. The van der Waals surface area contributed by atoms with Gasteiger partial charge in [-0.3, -0.25) is 0 Å². The van der Waals surface area contributed by atoms with Crippen LogP contribution in [0.15, 0.2) is 0 Å². The van der Waals surface area contributed by atoms with Crippen LogP contribution in [-0.2, 0) is 17.1 Å². The molecule has 0 bridgehead atoms. The van der Waals surface area contributed by atoms with E-state index in [0.717, 1.165) is 0 Å². The number of rotatable bonds is 0. The van der Waals surface area contributed by atoms with E-state index in [0.29, 0.717) is 0 Å². The van der Waals surface area contributed by atoms with E-state index >= 15 is 0 Å². The van der Waals surface area contributed by atoms with Gasteiger partial charge in [0.25, 0.3) is 0 Å². The standard InChI is InChI=1S/C2H2F3O.Cu/c3-2(4,5)1-6;/h1H2;/q-1;+1. The van der Waals surface area contributed by atoms with E-state index in [9.17, 15) is 13.2 Å². The molecule has 0 aromatic carbocycles. The monoisotopic (exact) mass is 162 g/mol. The Bertz CT molecular complexity index is 42.7. The third-order valence-corrected chi connectivity index (χ3v) is 0.164. The van der Waals surface area contributed by atoms with Gasteiger partial charge in [-0.1, -0.05) is 0 Å². The minimum Gasteiger partial charge on any atom is -0.848 e. The third kappa shape index (κ3) is 10.7. The van der Waals surface area contributed by atoms with Gasteiger partial charge in [-0.15, -0.1) is 0 Å². The first-order valence-electron chi connectivity index (χ1n) is 1.21. The summed E-state index contributed by atoms with van der Waals surface area (Å²) in [5.41, 5.74) is 0. The van der Waals surface area contributed by atoms with Crippen molar-refractivity contribution in [3.63, 3.8) is 0 Å². The van der Waals surface area contributed by atoms with Crippen molar-refractivity contribution >= 4 is 0 Å². The predicted octanol–water partition coefficient (Wildman–Crippen LogP) is -0.0935. The Morgan fingerprint density at radius 1 is 1.29 bits per heavy atom. The van der Waals surface area contributed by atoms with Crippen LogP contribution in [0.2, 0.25) is 0 Å². The van der Waals surface area contributed by atoms with Crippen LogP contribution >= 0.6 is 0 Å². The fourth-order valence-corrected chi connectivity index (χ4v) is 0. The maximum absolute atomic E-state index is 10.5. The van der Waals surface area contributed by atoms with Gasteiger partial charge >= 0.3 is 23.2 Å². The maximum Gasteiger partial charge on any atom is 1.00 e. The first-order valence-corrected chi connectivity index (χ1v) is 1.21. The van der Waals surface area contributed by atoms with Crippen molar-refractivity contribution in [3.8, 4) is 0 Å². The molecule has 0 heterocycles. The fourth-order valence-electron chi connectivity index (χ4n) is 0. The SMILES string of the molecule is [Cu+].[O-]CC(F)(F)F. The second-order valence-electron chi connectivity index (χ2n) is 0.760. The first kappa shape index (κ1) is 10.3. The van der Waals surface area contributed by atoms with Crippen LogP contribution in [0.1, 0.15) is 0 Å². The summed E-state index contributed by atoms with van der Waals surface area (Å²) in [6.07, 6.45) is -4.51. The molecule has 0 aliphatic carbocycles. The number of hydrogen-bond donors (Lipinski definition) is 0. The smallest absolute Gasteiger partial charge is 0.848 e. The Kier molecular flexibility index (Phi) is 4.84. The zero-order valence-corrected chi connectivity index (χ0v) is 3.99. The molecule has 0 spiro atoms. The topological polar surface area (TPSA) is 23.1 Å². The maximum atomic E-state index is 10.5. The molecular formula is C2H2CuF3O. The average Bonchev–Trinajstić information content (AvgIpc) is 1.35. The summed E-state index contributed by atoms with van der Waals surface area (Å²) in [6.45, 7) is -1.98. The van der Waals surface area contributed by atoms with Gasteiger partial charge in [-0.05, 0) is 6.61 Å². The molecule has 7 heavy (non-hydrogen) atoms. The predicted molar refractivity (Wildman–Crippen MR) is 10.9 cm³/mol. The zero-order valence-electron chi connectivity index (χ0n) is 3.05. The quantitative estimate of drug-likeness (QED) is 0.457. The van der Waals surface area contributed by atoms with Crippen LogP contribution in [0.25, 0.3) is 0 Å². The molecule has 0 aliphatic heterocycles. The summed E-state index contributed by atoms with van der Waals surface area (Å²) < 4.78 is 31.4. The van der Waals surface area contributed by atoms with E-state index in [1.807, 2.05) is 0 Å². The van der Waals surface area contributed by atoms with Gasteiger partial charge in [-0.25, -0.2) is 0 Å². The summed E-state index contributed by atoms with van der Waals surface area (Å²) in [5.74, 6) is 0. The van der Waals surface area contributed by atoms with E-state index < -0.39 is 12.8 Å². The molecule has 0 radical (unpaired) electrons. The Labute approximate surface area is 49.0 Å². The summed E-state index contributed by atoms with van der Waals surface area (Å²) >= 11 is 0. The molecule has 0 fully saturated rings. The summed E-state index contributed by atoms with van der Waals surface area (Å²) in [4.78, 5) is 0. The van der Waals surface area contributed by atoms with Crippen molar-refractivity contribution < 1.29 is 35.3 Å². The molecule has 0 aromatic rings. The summed E-state index contributed by atoms with van der Waals surface area (Å²) in [7, 11) is 0. The minimum atomic E-state index is -4.51. The zero-order chi connectivity index (χ0) is 5.21. The summed E-state index contributed by atoms with van der Waals surface area (Å²) in [5, 5.41) is 8.83. The molecule has 0 atom stereocenters. The van der Waals surface area contributed by atoms with Crippen molar-refractivity contribution in [2.45, 2.75) is 6.18 Å². The van der Waals surface area contributed by atoms with Gasteiger partial charge in [0.05, 0.1) is 0 Å². The van der Waals surface area contributed by atoms with Gasteiger partial charge in [0.15, 0.2) is 0 Å². The van der Waals surface area contributed by atoms with Gasteiger partial charge in [0, 0.05) is 0 Å². The van der Waals surface area contributed by atoms with Crippen molar-refractivity contribution in [2.24, 2.45) is 0 Å². The second-order valence-corrected chi connectivity index (χ2v) is 0.760. The summed E-state index contributed by atoms with van der Waals surface area (Å²) in [6, 6.07) is 0. The molecule has 0 aromatic heterocycles. The minimum absolute atomic E-state index is 0. The Hall–Kier alpha value is 0.269. The van der Waals surface area contributed by atoms with Crippen LogP contribution in [0.3, 0.4) is 0 Å². The third-order valence-electron chi connectivity index (χ3n) is 0.164. The molecule has 0 unspecified atom stereocenters.